The van der Waals surface area contributed by atoms with Crippen molar-refractivity contribution in [3.63, 3.8) is 0 Å². The highest BCUT2D eigenvalue weighted by Crippen LogP contribution is 2.28. The van der Waals surface area contributed by atoms with Crippen LogP contribution in [-0.2, 0) is 16.6 Å². The maximum atomic E-state index is 12.1. The smallest absolute Gasteiger partial charge is 0.244 e. The normalized spacial score (nSPS) is 16.2. The van der Waals surface area contributed by atoms with Crippen LogP contribution in [0.2, 0.25) is 0 Å². The Morgan fingerprint density at radius 3 is 2.68 bits per heavy atom. The molecule has 1 fully saturated rings. The van der Waals surface area contributed by atoms with Crippen molar-refractivity contribution in [3.05, 3.63) is 17.6 Å². The maximum Gasteiger partial charge on any atom is 0.244 e. The van der Waals surface area contributed by atoms with Gasteiger partial charge in [-0.15, -0.1) is 0 Å². The summed E-state index contributed by atoms with van der Waals surface area (Å²) in [4.78, 5) is 0.258. The molecule has 19 heavy (non-hydrogen) atoms. The Kier molecular flexibility index (Phi) is 4.32. The average Bonchev–Trinajstić information content (AvgIpc) is 3.07. The van der Waals surface area contributed by atoms with Gasteiger partial charge in [-0.1, -0.05) is 13.8 Å². The highest BCUT2D eigenvalue weighted by atomic mass is 32.2. The van der Waals surface area contributed by atoms with Crippen LogP contribution in [0.25, 0.3) is 0 Å². The Labute approximate surface area is 114 Å². The van der Waals surface area contributed by atoms with E-state index >= 15 is 0 Å². The van der Waals surface area contributed by atoms with Crippen LogP contribution in [-0.4, -0.2) is 21.0 Å². The molecule has 1 aliphatic rings. The van der Waals surface area contributed by atoms with E-state index in [-0.39, 0.29) is 4.90 Å². The molecule has 0 unspecified atom stereocenters. The number of sulfonamides is 1. The molecule has 1 aromatic heterocycles. The van der Waals surface area contributed by atoms with Gasteiger partial charge in [-0.05, 0) is 25.7 Å². The Balaban J connectivity index is 2.05. The molecule has 0 spiro atoms. The average molecular weight is 286 g/mol. The molecule has 0 amide bonds. The Morgan fingerprint density at radius 1 is 1.42 bits per heavy atom. The van der Waals surface area contributed by atoms with Gasteiger partial charge in [0, 0.05) is 18.7 Å². The number of nitrogens with one attached hydrogen (secondary N) is 2. The molecule has 2 N–H and O–H groups in total. The van der Waals surface area contributed by atoms with E-state index in [1.165, 1.54) is 0 Å². The second-order valence-corrected chi connectivity index (χ2v) is 7.20. The fourth-order valence-corrected chi connectivity index (χ4v) is 3.13. The third-order valence-electron chi connectivity index (χ3n) is 3.16. The highest BCUT2D eigenvalue weighted by molar-refractivity contribution is 7.89. The van der Waals surface area contributed by atoms with Crippen LogP contribution >= 0.6 is 0 Å². The summed E-state index contributed by atoms with van der Waals surface area (Å²) in [5, 5.41) is 3.21. The zero-order valence-electron chi connectivity index (χ0n) is 11.7. The minimum atomic E-state index is -3.44. The van der Waals surface area contributed by atoms with E-state index in [2.05, 4.69) is 10.0 Å². The number of rotatable bonds is 7. The van der Waals surface area contributed by atoms with Crippen molar-refractivity contribution in [1.29, 1.82) is 0 Å². The van der Waals surface area contributed by atoms with Gasteiger partial charge in [0.05, 0.1) is 6.54 Å². The molecule has 0 aromatic carbocycles. The lowest BCUT2D eigenvalue weighted by atomic mass is 10.3. The van der Waals surface area contributed by atoms with E-state index < -0.39 is 10.0 Å². The monoisotopic (exact) mass is 286 g/mol. The molecule has 6 heteroatoms. The van der Waals surface area contributed by atoms with Crippen LogP contribution in [0.4, 0.5) is 0 Å². The predicted octanol–water partition coefficient (Wildman–Crippen LogP) is 1.77. The van der Waals surface area contributed by atoms with E-state index in [1.807, 2.05) is 13.8 Å². The van der Waals surface area contributed by atoms with E-state index in [0.717, 1.165) is 12.8 Å². The van der Waals surface area contributed by atoms with Crippen molar-refractivity contribution < 1.29 is 12.8 Å². The van der Waals surface area contributed by atoms with Crippen LogP contribution in [0.3, 0.4) is 0 Å². The summed E-state index contributed by atoms with van der Waals surface area (Å²) in [7, 11) is -3.44. The first kappa shape index (κ1) is 14.6. The second kappa shape index (κ2) is 5.64. The minimum Gasteiger partial charge on any atom is -0.464 e. The van der Waals surface area contributed by atoms with Gasteiger partial charge in [-0.2, -0.15) is 0 Å². The van der Waals surface area contributed by atoms with Crippen molar-refractivity contribution in [2.75, 3.05) is 6.54 Å². The van der Waals surface area contributed by atoms with Gasteiger partial charge in [-0.3, -0.25) is 0 Å². The first-order valence-electron chi connectivity index (χ1n) is 6.71. The van der Waals surface area contributed by atoms with Crippen molar-refractivity contribution >= 4 is 10.0 Å². The van der Waals surface area contributed by atoms with Crippen molar-refractivity contribution in [1.82, 2.24) is 10.0 Å². The third-order valence-corrected chi connectivity index (χ3v) is 4.69. The lowest BCUT2D eigenvalue weighted by Gasteiger charge is -2.04. The second-order valence-electron chi connectivity index (χ2n) is 5.46. The highest BCUT2D eigenvalue weighted by Gasteiger charge is 2.26. The first-order chi connectivity index (χ1) is 8.88. The molecule has 0 atom stereocenters. The predicted molar refractivity (Wildman–Crippen MR) is 73.3 cm³/mol. The van der Waals surface area contributed by atoms with Crippen molar-refractivity contribution in [3.8, 4) is 0 Å². The van der Waals surface area contributed by atoms with Crippen LogP contribution in [0, 0.1) is 12.8 Å². The summed E-state index contributed by atoms with van der Waals surface area (Å²) >= 11 is 0. The number of aryl methyl sites for hydroxylation is 1. The van der Waals surface area contributed by atoms with Gasteiger partial charge in [0.15, 0.2) is 0 Å². The topological polar surface area (TPSA) is 71.3 Å². The van der Waals surface area contributed by atoms with Gasteiger partial charge >= 0.3 is 0 Å². The molecule has 1 heterocycles. The largest absolute Gasteiger partial charge is 0.464 e. The van der Waals surface area contributed by atoms with Gasteiger partial charge in [0.1, 0.15) is 16.4 Å². The lowest BCUT2D eigenvalue weighted by molar-refractivity contribution is 0.444. The van der Waals surface area contributed by atoms with Gasteiger partial charge in [0.2, 0.25) is 10.0 Å². The number of furan rings is 1. The zero-order chi connectivity index (χ0) is 14.0. The van der Waals surface area contributed by atoms with E-state index in [4.69, 9.17) is 4.42 Å². The van der Waals surface area contributed by atoms with E-state index in [9.17, 15) is 8.42 Å². The standard InChI is InChI=1S/C13H22N2O3S/c1-9(2)14-8-12-6-13(10(3)18-12)19(16,17)15-7-11-4-5-11/h6,9,11,14-15H,4-5,7-8H2,1-3H3. The molecule has 1 aliphatic carbocycles. The van der Waals surface area contributed by atoms with Crippen molar-refractivity contribution in [2.45, 2.75) is 51.1 Å². The summed E-state index contributed by atoms with van der Waals surface area (Å²) in [5.41, 5.74) is 0. The molecular formula is C13H22N2O3S. The van der Waals surface area contributed by atoms with Gasteiger partial charge in [-0.25, -0.2) is 13.1 Å². The molecule has 1 aromatic rings. The summed E-state index contributed by atoms with van der Waals surface area (Å²) in [5.74, 6) is 1.62. The molecule has 108 valence electrons. The molecule has 0 radical (unpaired) electrons. The molecule has 5 nitrogen and oxygen atoms in total. The quantitative estimate of drug-likeness (QED) is 0.801. The van der Waals surface area contributed by atoms with Crippen LogP contribution in [0.5, 0.6) is 0 Å². The van der Waals surface area contributed by atoms with Crippen molar-refractivity contribution in [2.24, 2.45) is 5.92 Å². The molecule has 2 rings (SSSR count). The van der Waals surface area contributed by atoms with Crippen LogP contribution in [0.1, 0.15) is 38.2 Å². The molecular weight excluding hydrogens is 264 g/mol. The van der Waals surface area contributed by atoms with Crippen LogP contribution in [0.15, 0.2) is 15.4 Å². The van der Waals surface area contributed by atoms with Crippen LogP contribution < -0.4 is 10.0 Å². The Bertz CT molecular complexity index is 530. The lowest BCUT2D eigenvalue weighted by Crippen LogP contribution is -2.26. The summed E-state index contributed by atoms with van der Waals surface area (Å²) in [6.07, 6.45) is 2.24. The summed E-state index contributed by atoms with van der Waals surface area (Å²) in [6, 6.07) is 1.94. The SMILES string of the molecule is Cc1oc(CNC(C)C)cc1S(=O)(=O)NCC1CC1. The Hall–Kier alpha value is -0.850. The fraction of sp³-hybridized carbons (Fsp3) is 0.692. The van der Waals surface area contributed by atoms with Gasteiger partial charge in [0.25, 0.3) is 0 Å². The maximum absolute atomic E-state index is 12.1. The molecule has 0 bridgehead atoms. The molecule has 1 saturated carbocycles. The number of hydrogen-bond donors (Lipinski definition) is 2. The third kappa shape index (κ3) is 4.06. The van der Waals surface area contributed by atoms with E-state index in [0.29, 0.717) is 36.6 Å². The Morgan fingerprint density at radius 2 is 2.11 bits per heavy atom. The molecule has 0 saturated heterocycles. The fourth-order valence-electron chi connectivity index (χ4n) is 1.81. The molecule has 0 aliphatic heterocycles. The first-order valence-corrected chi connectivity index (χ1v) is 8.19. The minimum absolute atomic E-state index is 0.258. The van der Waals surface area contributed by atoms with Gasteiger partial charge < -0.3 is 9.73 Å². The number of hydrogen-bond acceptors (Lipinski definition) is 4. The van der Waals surface area contributed by atoms with E-state index in [1.54, 1.807) is 13.0 Å². The summed E-state index contributed by atoms with van der Waals surface area (Å²) in [6.45, 7) is 6.82. The zero-order valence-corrected chi connectivity index (χ0v) is 12.5. The summed E-state index contributed by atoms with van der Waals surface area (Å²) < 4.78 is 32.4.